The van der Waals surface area contributed by atoms with Crippen LogP contribution in [0.2, 0.25) is 0 Å². The predicted octanol–water partition coefficient (Wildman–Crippen LogP) is 1.55. The summed E-state index contributed by atoms with van der Waals surface area (Å²) in [4.78, 5) is 17.1. The van der Waals surface area contributed by atoms with Gasteiger partial charge in [-0.25, -0.2) is 4.79 Å². The van der Waals surface area contributed by atoms with Gasteiger partial charge < -0.3 is 4.98 Å². The molecule has 1 fully saturated rings. The Kier molecular flexibility index (Phi) is 2.11. The Morgan fingerprint density at radius 2 is 2.19 bits per heavy atom. The number of aromatic amines is 1. The number of rotatable bonds is 1. The van der Waals surface area contributed by atoms with E-state index in [-0.39, 0.29) is 11.9 Å². The standard InChI is InChI=1S/C12H15N3O/c1-14-8-4-7-11(14)15-10-6-3-2-5-9(10)13-12(15)16/h2-3,5-6,11H,4,7-8H2,1H3,(H,13,16). The van der Waals surface area contributed by atoms with Crippen LogP contribution < -0.4 is 5.69 Å². The van der Waals surface area contributed by atoms with Crippen molar-refractivity contribution in [2.75, 3.05) is 13.6 Å². The highest BCUT2D eigenvalue weighted by atomic mass is 16.1. The first-order valence-corrected chi connectivity index (χ1v) is 5.67. The van der Waals surface area contributed by atoms with Gasteiger partial charge in [0.05, 0.1) is 17.2 Å². The number of nitrogens with zero attached hydrogens (tertiary/aromatic N) is 2. The lowest BCUT2D eigenvalue weighted by Gasteiger charge is -2.20. The molecule has 3 rings (SSSR count). The second kappa shape index (κ2) is 3.49. The van der Waals surface area contributed by atoms with E-state index < -0.39 is 0 Å². The van der Waals surface area contributed by atoms with E-state index in [1.54, 1.807) is 0 Å². The second-order valence-corrected chi connectivity index (χ2v) is 4.42. The Labute approximate surface area is 93.5 Å². The average Bonchev–Trinajstić information content (AvgIpc) is 2.81. The topological polar surface area (TPSA) is 41.0 Å². The molecular weight excluding hydrogens is 202 g/mol. The summed E-state index contributed by atoms with van der Waals surface area (Å²) in [5, 5.41) is 0. The van der Waals surface area contributed by atoms with Gasteiger partial charge in [0.2, 0.25) is 0 Å². The number of likely N-dealkylation sites (tertiary alicyclic amines) is 1. The normalized spacial score (nSPS) is 21.9. The van der Waals surface area contributed by atoms with Gasteiger partial charge in [-0.05, 0) is 38.6 Å². The van der Waals surface area contributed by atoms with E-state index in [2.05, 4.69) is 16.9 Å². The Morgan fingerprint density at radius 3 is 2.94 bits per heavy atom. The van der Waals surface area contributed by atoms with Crippen LogP contribution in [0.5, 0.6) is 0 Å². The van der Waals surface area contributed by atoms with Crippen LogP contribution in [-0.4, -0.2) is 28.0 Å². The lowest BCUT2D eigenvalue weighted by atomic mass is 10.3. The molecule has 0 saturated carbocycles. The maximum atomic E-state index is 12.0. The molecule has 4 heteroatoms. The van der Waals surface area contributed by atoms with Crippen molar-refractivity contribution in [1.82, 2.24) is 14.5 Å². The quantitative estimate of drug-likeness (QED) is 0.787. The first kappa shape index (κ1) is 9.66. The molecule has 1 unspecified atom stereocenters. The van der Waals surface area contributed by atoms with Crippen molar-refractivity contribution in [3.05, 3.63) is 34.7 Å². The summed E-state index contributed by atoms with van der Waals surface area (Å²) < 4.78 is 1.88. The van der Waals surface area contributed by atoms with Gasteiger partial charge in [0.1, 0.15) is 0 Å². The van der Waals surface area contributed by atoms with E-state index in [0.29, 0.717) is 0 Å². The highest BCUT2D eigenvalue weighted by molar-refractivity contribution is 5.75. The van der Waals surface area contributed by atoms with E-state index in [4.69, 9.17) is 0 Å². The largest absolute Gasteiger partial charge is 0.327 e. The number of fused-ring (bicyclic) bond motifs is 1. The van der Waals surface area contributed by atoms with Gasteiger partial charge in [-0.2, -0.15) is 0 Å². The zero-order chi connectivity index (χ0) is 11.1. The van der Waals surface area contributed by atoms with E-state index in [0.717, 1.165) is 30.4 Å². The molecule has 1 N–H and O–H groups in total. The number of imidazole rings is 1. The van der Waals surface area contributed by atoms with Crippen molar-refractivity contribution in [3.63, 3.8) is 0 Å². The number of para-hydroxylation sites is 2. The molecule has 1 aromatic heterocycles. The van der Waals surface area contributed by atoms with Crippen LogP contribution >= 0.6 is 0 Å². The lowest BCUT2D eigenvalue weighted by Crippen LogP contribution is -2.30. The van der Waals surface area contributed by atoms with Gasteiger partial charge in [-0.1, -0.05) is 12.1 Å². The minimum absolute atomic E-state index is 0.0000463. The van der Waals surface area contributed by atoms with E-state index in [1.165, 1.54) is 0 Å². The summed E-state index contributed by atoms with van der Waals surface area (Å²) in [5.74, 6) is 0. The molecule has 1 atom stereocenters. The smallest absolute Gasteiger partial charge is 0.305 e. The van der Waals surface area contributed by atoms with Crippen LogP contribution in [0.3, 0.4) is 0 Å². The van der Waals surface area contributed by atoms with Gasteiger partial charge in [-0.15, -0.1) is 0 Å². The van der Waals surface area contributed by atoms with Gasteiger partial charge in [0.15, 0.2) is 0 Å². The first-order chi connectivity index (χ1) is 7.77. The Hall–Kier alpha value is -1.55. The molecule has 16 heavy (non-hydrogen) atoms. The third kappa shape index (κ3) is 1.30. The summed E-state index contributed by atoms with van der Waals surface area (Å²) in [6.45, 7) is 1.07. The maximum Gasteiger partial charge on any atom is 0.327 e. The van der Waals surface area contributed by atoms with Crippen molar-refractivity contribution < 1.29 is 0 Å². The zero-order valence-corrected chi connectivity index (χ0v) is 9.31. The summed E-state index contributed by atoms with van der Waals surface area (Å²) in [5.41, 5.74) is 1.93. The van der Waals surface area contributed by atoms with Gasteiger partial charge in [-0.3, -0.25) is 9.47 Å². The van der Waals surface area contributed by atoms with Crippen LogP contribution in [0.15, 0.2) is 29.1 Å². The van der Waals surface area contributed by atoms with Crippen molar-refractivity contribution in [2.45, 2.75) is 19.0 Å². The molecule has 1 saturated heterocycles. The number of hydrogen-bond acceptors (Lipinski definition) is 2. The summed E-state index contributed by atoms with van der Waals surface area (Å²) in [6.07, 6.45) is 2.43. The fourth-order valence-corrected chi connectivity index (χ4v) is 2.59. The van der Waals surface area contributed by atoms with Crippen LogP contribution in [-0.2, 0) is 0 Å². The summed E-state index contributed by atoms with van der Waals surface area (Å²) in [7, 11) is 2.08. The van der Waals surface area contributed by atoms with E-state index in [1.807, 2.05) is 28.8 Å². The summed E-state index contributed by atoms with van der Waals surface area (Å²) in [6, 6.07) is 7.86. The highest BCUT2D eigenvalue weighted by Crippen LogP contribution is 2.26. The van der Waals surface area contributed by atoms with Crippen molar-refractivity contribution in [1.29, 1.82) is 0 Å². The minimum Gasteiger partial charge on any atom is -0.305 e. The monoisotopic (exact) mass is 217 g/mol. The third-order valence-electron chi connectivity index (χ3n) is 3.40. The molecule has 0 bridgehead atoms. The van der Waals surface area contributed by atoms with Crippen LogP contribution in [0.25, 0.3) is 11.0 Å². The molecule has 0 amide bonds. The molecular formula is C12H15N3O. The molecule has 0 spiro atoms. The number of benzene rings is 1. The molecule has 1 aliphatic rings. The molecule has 1 aliphatic heterocycles. The van der Waals surface area contributed by atoms with Gasteiger partial charge in [0.25, 0.3) is 0 Å². The highest BCUT2D eigenvalue weighted by Gasteiger charge is 2.25. The van der Waals surface area contributed by atoms with Crippen molar-refractivity contribution in [3.8, 4) is 0 Å². The van der Waals surface area contributed by atoms with Crippen LogP contribution in [0, 0.1) is 0 Å². The molecule has 2 heterocycles. The fraction of sp³-hybridized carbons (Fsp3) is 0.417. The third-order valence-corrected chi connectivity index (χ3v) is 3.40. The van der Waals surface area contributed by atoms with Crippen LogP contribution in [0.1, 0.15) is 19.0 Å². The Morgan fingerprint density at radius 1 is 1.38 bits per heavy atom. The number of H-pyrrole nitrogens is 1. The molecule has 84 valence electrons. The Balaban J connectivity index is 2.22. The van der Waals surface area contributed by atoms with Gasteiger partial charge in [0, 0.05) is 0 Å². The van der Waals surface area contributed by atoms with Gasteiger partial charge >= 0.3 is 5.69 Å². The SMILES string of the molecule is CN1CCCC1n1c(=O)[nH]c2ccccc21. The zero-order valence-electron chi connectivity index (χ0n) is 9.31. The lowest BCUT2D eigenvalue weighted by molar-refractivity contribution is 0.238. The number of aromatic nitrogens is 2. The Bertz CT molecular complexity index is 569. The van der Waals surface area contributed by atoms with Crippen LogP contribution in [0.4, 0.5) is 0 Å². The van der Waals surface area contributed by atoms with Crippen molar-refractivity contribution >= 4 is 11.0 Å². The molecule has 0 radical (unpaired) electrons. The molecule has 0 aliphatic carbocycles. The average molecular weight is 217 g/mol. The minimum atomic E-state index is -0.0000463. The van der Waals surface area contributed by atoms with E-state index in [9.17, 15) is 4.79 Å². The van der Waals surface area contributed by atoms with Crippen molar-refractivity contribution in [2.24, 2.45) is 0 Å². The fourth-order valence-electron chi connectivity index (χ4n) is 2.59. The van der Waals surface area contributed by atoms with E-state index >= 15 is 0 Å². The molecule has 1 aromatic carbocycles. The second-order valence-electron chi connectivity index (χ2n) is 4.42. The summed E-state index contributed by atoms with van der Waals surface area (Å²) >= 11 is 0. The molecule has 4 nitrogen and oxygen atoms in total. The first-order valence-electron chi connectivity index (χ1n) is 5.67. The maximum absolute atomic E-state index is 12.0. The number of nitrogens with one attached hydrogen (secondary N) is 1. The molecule has 2 aromatic rings. The predicted molar refractivity (Wildman–Crippen MR) is 63.5 cm³/mol. The number of hydrogen-bond donors (Lipinski definition) is 1.